The first-order valence-corrected chi connectivity index (χ1v) is 9.21. The molecule has 0 unspecified atom stereocenters. The minimum Gasteiger partial charge on any atom is -0.354 e. The van der Waals surface area contributed by atoms with Crippen LogP contribution in [0.25, 0.3) is 0 Å². The van der Waals surface area contributed by atoms with Gasteiger partial charge in [0.05, 0.1) is 11.9 Å². The molecule has 2 aromatic rings. The van der Waals surface area contributed by atoms with Crippen LogP contribution in [0.5, 0.6) is 0 Å². The number of hydrogen-bond acceptors (Lipinski definition) is 3. The topological polar surface area (TPSA) is 45.2 Å². The van der Waals surface area contributed by atoms with Gasteiger partial charge in [-0.15, -0.1) is 0 Å². The average molecular weight is 388 g/mol. The molecule has 0 saturated carbocycles. The predicted molar refractivity (Wildman–Crippen MR) is 101 cm³/mol. The van der Waals surface area contributed by atoms with Gasteiger partial charge in [-0.3, -0.25) is 4.79 Å². The second-order valence-corrected chi connectivity index (χ2v) is 7.08. The van der Waals surface area contributed by atoms with E-state index >= 15 is 0 Å². The Morgan fingerprint density at radius 3 is 2.42 bits per heavy atom. The van der Waals surface area contributed by atoms with Crippen LogP contribution in [0.15, 0.2) is 41.0 Å². The summed E-state index contributed by atoms with van der Waals surface area (Å²) >= 11 is 3.50. The zero-order chi connectivity index (χ0) is 16.9. The molecule has 1 aliphatic rings. The number of aromatic nitrogens is 1. The number of amides is 1. The summed E-state index contributed by atoms with van der Waals surface area (Å²) in [5, 5.41) is 3.32. The van der Waals surface area contributed by atoms with Crippen molar-refractivity contribution in [1.29, 1.82) is 0 Å². The number of benzene rings is 1. The number of nitrogens with one attached hydrogen (secondary N) is 1. The molecule has 1 saturated heterocycles. The standard InChI is InChI=1S/C19H22BrN3O/c1-14-12-15(6-8-17(14)20)22-16-7-9-18(21-13-16)19(24)23-10-4-2-3-5-11-23/h6-9,12-13,22H,2-5,10-11H2,1H3. The monoisotopic (exact) mass is 387 g/mol. The normalized spacial score (nSPS) is 15.0. The van der Waals surface area contributed by atoms with Crippen molar-refractivity contribution in [3.8, 4) is 0 Å². The number of rotatable bonds is 3. The zero-order valence-corrected chi connectivity index (χ0v) is 15.5. The second kappa shape index (κ2) is 7.79. The SMILES string of the molecule is Cc1cc(Nc2ccc(C(=O)N3CCCCCC3)nc2)ccc1Br. The highest BCUT2D eigenvalue weighted by molar-refractivity contribution is 9.10. The molecular formula is C19H22BrN3O. The Morgan fingerprint density at radius 2 is 1.79 bits per heavy atom. The van der Waals surface area contributed by atoms with Gasteiger partial charge in [-0.1, -0.05) is 28.8 Å². The summed E-state index contributed by atoms with van der Waals surface area (Å²) in [6.45, 7) is 3.74. The van der Waals surface area contributed by atoms with Crippen molar-refractivity contribution in [3.63, 3.8) is 0 Å². The molecule has 1 aromatic carbocycles. The van der Waals surface area contributed by atoms with E-state index in [0.29, 0.717) is 5.69 Å². The van der Waals surface area contributed by atoms with Crippen LogP contribution in [0.1, 0.15) is 41.7 Å². The van der Waals surface area contributed by atoms with E-state index in [4.69, 9.17) is 0 Å². The lowest BCUT2D eigenvalue weighted by atomic mass is 10.2. The van der Waals surface area contributed by atoms with Gasteiger partial charge in [0.15, 0.2) is 0 Å². The van der Waals surface area contributed by atoms with Crippen LogP contribution in [0, 0.1) is 6.92 Å². The van der Waals surface area contributed by atoms with E-state index in [1.807, 2.05) is 23.1 Å². The molecule has 1 amide bonds. The molecule has 24 heavy (non-hydrogen) atoms. The molecule has 0 bridgehead atoms. The number of pyridine rings is 1. The fraction of sp³-hybridized carbons (Fsp3) is 0.368. The maximum Gasteiger partial charge on any atom is 0.272 e. The van der Waals surface area contributed by atoms with Gasteiger partial charge in [0.1, 0.15) is 5.69 Å². The van der Waals surface area contributed by atoms with Crippen molar-refractivity contribution in [2.45, 2.75) is 32.6 Å². The Kier molecular flexibility index (Phi) is 5.51. The van der Waals surface area contributed by atoms with Crippen molar-refractivity contribution >= 4 is 33.2 Å². The van der Waals surface area contributed by atoms with Crippen molar-refractivity contribution in [2.75, 3.05) is 18.4 Å². The highest BCUT2D eigenvalue weighted by Gasteiger charge is 2.18. The molecule has 1 aromatic heterocycles. The van der Waals surface area contributed by atoms with Crippen LogP contribution < -0.4 is 5.32 Å². The quantitative estimate of drug-likeness (QED) is 0.813. The molecule has 1 fully saturated rings. The number of hydrogen-bond donors (Lipinski definition) is 1. The number of aryl methyl sites for hydroxylation is 1. The van der Waals surface area contributed by atoms with Crippen LogP contribution in [0.2, 0.25) is 0 Å². The first-order valence-electron chi connectivity index (χ1n) is 8.42. The van der Waals surface area contributed by atoms with Crippen molar-refractivity contribution in [3.05, 3.63) is 52.3 Å². The molecule has 1 aliphatic heterocycles. The maximum atomic E-state index is 12.5. The number of halogens is 1. The van der Waals surface area contributed by atoms with Gasteiger partial charge in [0, 0.05) is 23.2 Å². The van der Waals surface area contributed by atoms with Crippen molar-refractivity contribution in [1.82, 2.24) is 9.88 Å². The van der Waals surface area contributed by atoms with Gasteiger partial charge in [0.25, 0.3) is 5.91 Å². The minimum atomic E-state index is 0.0444. The van der Waals surface area contributed by atoms with Crippen LogP contribution in [-0.2, 0) is 0 Å². The molecule has 126 valence electrons. The number of anilines is 2. The summed E-state index contributed by atoms with van der Waals surface area (Å²) in [7, 11) is 0. The summed E-state index contributed by atoms with van der Waals surface area (Å²) in [5.74, 6) is 0.0444. The second-order valence-electron chi connectivity index (χ2n) is 6.23. The van der Waals surface area contributed by atoms with Gasteiger partial charge < -0.3 is 10.2 Å². The van der Waals surface area contributed by atoms with E-state index in [0.717, 1.165) is 41.8 Å². The highest BCUT2D eigenvalue weighted by atomic mass is 79.9. The molecule has 0 radical (unpaired) electrons. The molecule has 0 spiro atoms. The lowest BCUT2D eigenvalue weighted by Gasteiger charge is -2.19. The Hall–Kier alpha value is -1.88. The first-order chi connectivity index (χ1) is 11.6. The summed E-state index contributed by atoms with van der Waals surface area (Å²) in [4.78, 5) is 18.8. The van der Waals surface area contributed by atoms with Crippen LogP contribution in [-0.4, -0.2) is 28.9 Å². The van der Waals surface area contributed by atoms with Crippen LogP contribution in [0.3, 0.4) is 0 Å². The molecular weight excluding hydrogens is 366 g/mol. The van der Waals surface area contributed by atoms with Crippen molar-refractivity contribution < 1.29 is 4.79 Å². The third kappa shape index (κ3) is 4.15. The predicted octanol–water partition coefficient (Wildman–Crippen LogP) is 4.91. The molecule has 3 rings (SSSR count). The average Bonchev–Trinajstić information content (AvgIpc) is 2.88. The third-order valence-corrected chi connectivity index (χ3v) is 5.21. The van der Waals surface area contributed by atoms with E-state index in [1.165, 1.54) is 18.4 Å². The molecule has 1 N–H and O–H groups in total. The number of likely N-dealkylation sites (tertiary alicyclic amines) is 1. The zero-order valence-electron chi connectivity index (χ0n) is 13.9. The van der Waals surface area contributed by atoms with Gasteiger partial charge in [-0.2, -0.15) is 0 Å². The van der Waals surface area contributed by atoms with Gasteiger partial charge in [-0.05, 0) is 55.7 Å². The third-order valence-electron chi connectivity index (χ3n) is 4.32. The largest absolute Gasteiger partial charge is 0.354 e. The van der Waals surface area contributed by atoms with E-state index in [-0.39, 0.29) is 5.91 Å². The Balaban J connectivity index is 1.68. The maximum absolute atomic E-state index is 12.5. The van der Waals surface area contributed by atoms with Crippen LogP contribution >= 0.6 is 15.9 Å². The van der Waals surface area contributed by atoms with Gasteiger partial charge >= 0.3 is 0 Å². The smallest absolute Gasteiger partial charge is 0.272 e. The van der Waals surface area contributed by atoms with E-state index in [2.05, 4.69) is 39.2 Å². The Morgan fingerprint density at radius 1 is 1.08 bits per heavy atom. The molecule has 5 heteroatoms. The lowest BCUT2D eigenvalue weighted by Crippen LogP contribution is -2.32. The van der Waals surface area contributed by atoms with Crippen molar-refractivity contribution in [2.24, 2.45) is 0 Å². The minimum absolute atomic E-state index is 0.0444. The first kappa shape index (κ1) is 17.0. The van der Waals surface area contributed by atoms with Crippen LogP contribution in [0.4, 0.5) is 11.4 Å². The van der Waals surface area contributed by atoms with E-state index < -0.39 is 0 Å². The molecule has 2 heterocycles. The molecule has 0 aliphatic carbocycles. The number of carbonyl (C=O) groups is 1. The fourth-order valence-corrected chi connectivity index (χ4v) is 3.17. The summed E-state index contributed by atoms with van der Waals surface area (Å²) in [5.41, 5.74) is 3.57. The summed E-state index contributed by atoms with van der Waals surface area (Å²) < 4.78 is 1.09. The summed E-state index contributed by atoms with van der Waals surface area (Å²) in [6, 6.07) is 9.81. The molecule has 4 nitrogen and oxygen atoms in total. The van der Waals surface area contributed by atoms with E-state index in [1.54, 1.807) is 12.3 Å². The fourth-order valence-electron chi connectivity index (χ4n) is 2.92. The summed E-state index contributed by atoms with van der Waals surface area (Å²) in [6.07, 6.45) is 6.34. The number of carbonyl (C=O) groups excluding carboxylic acids is 1. The van der Waals surface area contributed by atoms with Gasteiger partial charge in [0.2, 0.25) is 0 Å². The highest BCUT2D eigenvalue weighted by Crippen LogP contribution is 2.23. The Labute approximate surface area is 151 Å². The Bertz CT molecular complexity index is 707. The molecule has 0 atom stereocenters. The van der Waals surface area contributed by atoms with Gasteiger partial charge in [-0.25, -0.2) is 4.98 Å². The number of nitrogens with zero attached hydrogens (tertiary/aromatic N) is 2. The lowest BCUT2D eigenvalue weighted by molar-refractivity contribution is 0.0756. The van der Waals surface area contributed by atoms with E-state index in [9.17, 15) is 4.79 Å².